The van der Waals surface area contributed by atoms with E-state index in [0.29, 0.717) is 12.2 Å². The Kier molecular flexibility index (Phi) is 4.00. The Morgan fingerprint density at radius 3 is 2.56 bits per heavy atom. The Balaban J connectivity index is 2.59. The smallest absolute Gasteiger partial charge is 0.407 e. The molecule has 1 aromatic rings. The van der Waals surface area contributed by atoms with Crippen LogP contribution in [0.3, 0.4) is 0 Å². The normalized spacial score (nSPS) is 11.1. The molecule has 100 valence electrons. The maximum absolute atomic E-state index is 11.5. The molecule has 0 atom stereocenters. The molecule has 1 amide bonds. The minimum Gasteiger partial charge on any atom is -0.444 e. The Morgan fingerprint density at radius 2 is 2.11 bits per heavy atom. The molecule has 0 aromatic carbocycles. The maximum Gasteiger partial charge on any atom is 0.407 e. The molecule has 1 heterocycles. The second-order valence-electron chi connectivity index (χ2n) is 5.04. The molecule has 0 saturated heterocycles. The molecule has 1 aromatic heterocycles. The van der Waals surface area contributed by atoms with Crippen molar-refractivity contribution in [1.82, 2.24) is 9.88 Å². The summed E-state index contributed by atoms with van der Waals surface area (Å²) in [6, 6.07) is 3.56. The molecule has 6 nitrogen and oxygen atoms in total. The van der Waals surface area contributed by atoms with Crippen molar-refractivity contribution in [2.75, 3.05) is 0 Å². The lowest BCUT2D eigenvalue weighted by molar-refractivity contribution is 0.0522. The van der Waals surface area contributed by atoms with Gasteiger partial charge in [-0.25, -0.2) is 4.79 Å². The fourth-order valence-corrected chi connectivity index (χ4v) is 1.48. The van der Waals surface area contributed by atoms with Crippen LogP contribution in [-0.4, -0.2) is 22.1 Å². The molecule has 0 spiro atoms. The fourth-order valence-electron chi connectivity index (χ4n) is 1.48. The van der Waals surface area contributed by atoms with Gasteiger partial charge >= 0.3 is 6.09 Å². The number of hydrogen-bond acceptors (Lipinski definition) is 3. The van der Waals surface area contributed by atoms with Crippen molar-refractivity contribution in [2.45, 2.75) is 32.9 Å². The van der Waals surface area contributed by atoms with E-state index in [1.165, 1.54) is 0 Å². The Hall–Kier alpha value is -1.98. The largest absolute Gasteiger partial charge is 0.444 e. The number of amides is 1. The van der Waals surface area contributed by atoms with Crippen LogP contribution in [0.25, 0.3) is 0 Å². The molecule has 6 heteroatoms. The van der Waals surface area contributed by atoms with Crippen LogP contribution in [0.5, 0.6) is 0 Å². The third-order valence-corrected chi connectivity index (χ3v) is 2.31. The topological polar surface area (TPSA) is 93.1 Å². The number of nitrogens with two attached hydrogens (primary N) is 1. The summed E-state index contributed by atoms with van der Waals surface area (Å²) in [5, 5.41) is 10.0. The molecule has 18 heavy (non-hydrogen) atoms. The number of nitrogens with zero attached hydrogens (tertiary/aromatic N) is 1. The summed E-state index contributed by atoms with van der Waals surface area (Å²) in [5.41, 5.74) is 6.38. The molecule has 0 saturated carbocycles. The highest BCUT2D eigenvalue weighted by molar-refractivity contribution is 5.93. The zero-order valence-corrected chi connectivity index (χ0v) is 11.2. The summed E-state index contributed by atoms with van der Waals surface area (Å²) in [7, 11) is 1.79. The Morgan fingerprint density at radius 1 is 1.50 bits per heavy atom. The van der Waals surface area contributed by atoms with Gasteiger partial charge in [-0.05, 0) is 32.9 Å². The molecule has 0 aliphatic heterocycles. The average molecular weight is 252 g/mol. The van der Waals surface area contributed by atoms with Crippen molar-refractivity contribution in [1.29, 1.82) is 5.41 Å². The molecule has 0 aliphatic carbocycles. The van der Waals surface area contributed by atoms with E-state index >= 15 is 0 Å². The summed E-state index contributed by atoms with van der Waals surface area (Å²) in [6.45, 7) is 5.76. The summed E-state index contributed by atoms with van der Waals surface area (Å²) in [4.78, 5) is 11.5. The lowest BCUT2D eigenvalue weighted by atomic mass is 10.2. The van der Waals surface area contributed by atoms with Crippen molar-refractivity contribution in [3.05, 3.63) is 23.5 Å². The SMILES string of the molecule is Cn1c(CNC(=O)OC(C)(C)C)ccc1C(=N)N. The molecular weight excluding hydrogens is 232 g/mol. The molecule has 0 unspecified atom stereocenters. The summed E-state index contributed by atoms with van der Waals surface area (Å²) in [5.74, 6) is 0.000943. The minimum atomic E-state index is -0.511. The first-order valence-corrected chi connectivity index (χ1v) is 5.66. The predicted molar refractivity (Wildman–Crippen MR) is 69.5 cm³/mol. The first-order chi connectivity index (χ1) is 8.20. The van der Waals surface area contributed by atoms with Crippen LogP contribution in [0.1, 0.15) is 32.2 Å². The standard InChI is InChI=1S/C12H20N4O2/c1-12(2,3)18-11(17)15-7-8-5-6-9(10(13)14)16(8)4/h5-6H,7H2,1-4H3,(H3,13,14)(H,15,17). The second kappa shape index (κ2) is 5.12. The molecule has 1 rings (SSSR count). The number of alkyl carbamates (subject to hydrolysis) is 1. The number of nitrogens with one attached hydrogen (secondary N) is 2. The van der Waals surface area contributed by atoms with Gasteiger partial charge < -0.3 is 20.4 Å². The van der Waals surface area contributed by atoms with E-state index < -0.39 is 11.7 Å². The number of nitrogen functional groups attached to an aromatic ring is 1. The van der Waals surface area contributed by atoms with E-state index in [2.05, 4.69) is 5.32 Å². The molecule has 0 fully saturated rings. The van der Waals surface area contributed by atoms with E-state index in [1.807, 2.05) is 26.8 Å². The van der Waals surface area contributed by atoms with Crippen LogP contribution in [-0.2, 0) is 18.3 Å². The van der Waals surface area contributed by atoms with E-state index in [1.54, 1.807) is 17.7 Å². The molecular formula is C12H20N4O2. The monoisotopic (exact) mass is 252 g/mol. The predicted octanol–water partition coefficient (Wildman–Crippen LogP) is 1.33. The minimum absolute atomic E-state index is 0.000943. The van der Waals surface area contributed by atoms with Gasteiger partial charge in [0.15, 0.2) is 0 Å². The van der Waals surface area contributed by atoms with Crippen molar-refractivity contribution in [3.8, 4) is 0 Å². The highest BCUT2D eigenvalue weighted by Crippen LogP contribution is 2.08. The zero-order chi connectivity index (χ0) is 13.9. The van der Waals surface area contributed by atoms with Crippen LogP contribution >= 0.6 is 0 Å². The van der Waals surface area contributed by atoms with Crippen LogP contribution in [0, 0.1) is 5.41 Å². The van der Waals surface area contributed by atoms with Gasteiger partial charge in [-0.2, -0.15) is 0 Å². The number of hydrogen-bond donors (Lipinski definition) is 3. The molecule has 0 radical (unpaired) electrons. The van der Waals surface area contributed by atoms with Gasteiger partial charge in [-0.1, -0.05) is 0 Å². The van der Waals surface area contributed by atoms with Crippen molar-refractivity contribution >= 4 is 11.9 Å². The number of amidine groups is 1. The van der Waals surface area contributed by atoms with E-state index in [9.17, 15) is 4.79 Å². The third kappa shape index (κ3) is 3.80. The third-order valence-electron chi connectivity index (χ3n) is 2.31. The van der Waals surface area contributed by atoms with Gasteiger partial charge in [0.25, 0.3) is 0 Å². The van der Waals surface area contributed by atoms with E-state index in [-0.39, 0.29) is 5.84 Å². The van der Waals surface area contributed by atoms with Crippen molar-refractivity contribution in [3.63, 3.8) is 0 Å². The van der Waals surface area contributed by atoms with Gasteiger partial charge in [0.2, 0.25) is 0 Å². The average Bonchev–Trinajstić information content (AvgIpc) is 2.54. The molecule has 4 N–H and O–H groups in total. The van der Waals surface area contributed by atoms with E-state index in [0.717, 1.165) is 5.69 Å². The van der Waals surface area contributed by atoms with Gasteiger partial charge in [-0.15, -0.1) is 0 Å². The Labute approximate surface area is 107 Å². The summed E-state index contributed by atoms with van der Waals surface area (Å²) >= 11 is 0. The van der Waals surface area contributed by atoms with Crippen LogP contribution in [0.4, 0.5) is 4.79 Å². The summed E-state index contributed by atoms with van der Waals surface area (Å²) < 4.78 is 6.89. The fraction of sp³-hybridized carbons (Fsp3) is 0.500. The highest BCUT2D eigenvalue weighted by atomic mass is 16.6. The lowest BCUT2D eigenvalue weighted by Gasteiger charge is -2.19. The van der Waals surface area contributed by atoms with Gasteiger partial charge in [0, 0.05) is 12.7 Å². The van der Waals surface area contributed by atoms with Crippen molar-refractivity contribution < 1.29 is 9.53 Å². The number of rotatable bonds is 3. The maximum atomic E-state index is 11.5. The van der Waals surface area contributed by atoms with Crippen molar-refractivity contribution in [2.24, 2.45) is 12.8 Å². The van der Waals surface area contributed by atoms with Gasteiger partial charge in [0.05, 0.1) is 12.2 Å². The highest BCUT2D eigenvalue weighted by Gasteiger charge is 2.16. The van der Waals surface area contributed by atoms with Gasteiger partial charge in [0.1, 0.15) is 11.4 Å². The van der Waals surface area contributed by atoms with E-state index in [4.69, 9.17) is 15.9 Å². The van der Waals surface area contributed by atoms with Gasteiger partial charge in [-0.3, -0.25) is 5.41 Å². The first-order valence-electron chi connectivity index (χ1n) is 5.66. The zero-order valence-electron chi connectivity index (χ0n) is 11.2. The first kappa shape index (κ1) is 14.1. The number of ether oxygens (including phenoxy) is 1. The second-order valence-corrected chi connectivity index (χ2v) is 5.04. The lowest BCUT2D eigenvalue weighted by Crippen LogP contribution is -2.32. The van der Waals surface area contributed by atoms with Crippen LogP contribution in [0.15, 0.2) is 12.1 Å². The van der Waals surface area contributed by atoms with Crippen LogP contribution < -0.4 is 11.1 Å². The number of carbonyl (C=O) groups is 1. The van der Waals surface area contributed by atoms with Crippen LogP contribution in [0.2, 0.25) is 0 Å². The molecule has 0 bridgehead atoms. The quantitative estimate of drug-likeness (QED) is 0.559. The Bertz CT molecular complexity index is 457. The molecule has 0 aliphatic rings. The summed E-state index contributed by atoms with van der Waals surface area (Å²) in [6.07, 6.45) is -0.465. The number of carbonyl (C=O) groups excluding carboxylic acids is 1. The number of aromatic nitrogens is 1.